The van der Waals surface area contributed by atoms with Gasteiger partial charge in [0.1, 0.15) is 24.2 Å². The minimum atomic E-state index is -0.788. The topological polar surface area (TPSA) is 45.2 Å². The van der Waals surface area contributed by atoms with Crippen molar-refractivity contribution in [1.29, 1.82) is 0 Å². The molecule has 0 spiro atoms. The van der Waals surface area contributed by atoms with Crippen molar-refractivity contribution in [3.63, 3.8) is 0 Å². The summed E-state index contributed by atoms with van der Waals surface area (Å²) in [4.78, 5) is 4.55. The highest BCUT2D eigenvalue weighted by Crippen LogP contribution is 2.30. The van der Waals surface area contributed by atoms with E-state index in [1.165, 1.54) is 0 Å². The number of piperazine rings is 1. The molecule has 1 atom stereocenters. The molecule has 33 heavy (non-hydrogen) atoms. The number of nitrogens with zero attached hydrogens (tertiary/aromatic N) is 2. The fraction of sp³-hybridized carbons (Fsp3) is 0.520. The van der Waals surface area contributed by atoms with E-state index in [-0.39, 0.29) is 11.6 Å². The van der Waals surface area contributed by atoms with E-state index in [0.29, 0.717) is 16.6 Å². The van der Waals surface area contributed by atoms with E-state index in [9.17, 15) is 5.11 Å². The first-order chi connectivity index (χ1) is 15.6. The Labute approximate surface area is 209 Å². The number of halogens is 2. The molecule has 1 heterocycles. The van der Waals surface area contributed by atoms with Gasteiger partial charge in [-0.2, -0.15) is 0 Å². The third kappa shape index (κ3) is 7.79. The summed E-state index contributed by atoms with van der Waals surface area (Å²) in [6.07, 6.45) is -0.547. The molecule has 5 nitrogen and oxygen atoms in total. The van der Waals surface area contributed by atoms with Crippen molar-refractivity contribution in [2.24, 2.45) is 0 Å². The van der Waals surface area contributed by atoms with Gasteiger partial charge in [-0.3, -0.25) is 4.90 Å². The minimum absolute atomic E-state index is 0.257. The van der Waals surface area contributed by atoms with E-state index in [4.69, 9.17) is 32.7 Å². The van der Waals surface area contributed by atoms with Gasteiger partial charge in [-0.05, 0) is 47.5 Å². The summed E-state index contributed by atoms with van der Waals surface area (Å²) >= 11 is 12.2. The Kier molecular flexibility index (Phi) is 9.36. The Bertz CT molecular complexity index is 888. The maximum absolute atomic E-state index is 10.5. The Morgan fingerprint density at radius 1 is 0.939 bits per heavy atom. The van der Waals surface area contributed by atoms with Crippen LogP contribution in [-0.4, -0.2) is 70.8 Å². The van der Waals surface area contributed by atoms with Crippen molar-refractivity contribution in [1.82, 2.24) is 4.90 Å². The first-order valence-electron chi connectivity index (χ1n) is 11.6. The molecule has 0 radical (unpaired) electrons. The molecular weight excluding hydrogens is 475 g/mol. The highest BCUT2D eigenvalue weighted by Gasteiger charge is 2.24. The summed E-state index contributed by atoms with van der Waals surface area (Å²) in [6, 6.07) is 13.4. The summed E-state index contributed by atoms with van der Waals surface area (Å²) in [5.41, 5.74) is 1.08. The van der Waals surface area contributed by atoms with Gasteiger partial charge < -0.3 is 19.5 Å². The SMILES string of the molecule is C[SiH](C)C(C)(C)COc1ccc(OC[C@H](O)CN2CCN(c3ccc(Cl)c(Cl)c3)CC2)cc1. The van der Waals surface area contributed by atoms with Crippen LogP contribution in [0.5, 0.6) is 11.5 Å². The van der Waals surface area contributed by atoms with Crippen molar-refractivity contribution in [3.8, 4) is 11.5 Å². The normalized spacial score (nSPS) is 16.2. The number of β-amino-alcohol motifs (C(OH)–C–C–N with tert-alkyl or cyclic N) is 1. The number of aliphatic hydroxyl groups is 1. The first-order valence-corrected chi connectivity index (χ1v) is 15.2. The molecule has 1 aliphatic rings. The van der Waals surface area contributed by atoms with Crippen LogP contribution in [0.4, 0.5) is 5.69 Å². The Hall–Kier alpha value is -1.44. The average Bonchev–Trinajstić information content (AvgIpc) is 2.79. The summed E-state index contributed by atoms with van der Waals surface area (Å²) < 4.78 is 11.8. The number of ether oxygens (including phenoxy) is 2. The first kappa shape index (κ1) is 26.2. The van der Waals surface area contributed by atoms with Gasteiger partial charge in [-0.15, -0.1) is 0 Å². The fourth-order valence-electron chi connectivity index (χ4n) is 3.48. The van der Waals surface area contributed by atoms with Crippen molar-refractivity contribution in [2.45, 2.75) is 38.1 Å². The van der Waals surface area contributed by atoms with Crippen molar-refractivity contribution in [2.75, 3.05) is 50.8 Å². The minimum Gasteiger partial charge on any atom is -0.493 e. The highest BCUT2D eigenvalue weighted by atomic mass is 35.5. The lowest BCUT2D eigenvalue weighted by Gasteiger charge is -2.37. The number of anilines is 1. The average molecular weight is 512 g/mol. The monoisotopic (exact) mass is 510 g/mol. The largest absolute Gasteiger partial charge is 0.493 e. The van der Waals surface area contributed by atoms with E-state index in [2.05, 4.69) is 36.7 Å². The maximum Gasteiger partial charge on any atom is 0.119 e. The predicted octanol–water partition coefficient (Wildman–Crippen LogP) is 5.20. The Balaban J connectivity index is 1.38. The van der Waals surface area contributed by atoms with Crippen LogP contribution in [0.1, 0.15) is 13.8 Å². The van der Waals surface area contributed by atoms with Gasteiger partial charge in [-0.1, -0.05) is 50.1 Å². The lowest BCUT2D eigenvalue weighted by Crippen LogP contribution is -2.49. The Morgan fingerprint density at radius 3 is 2.12 bits per heavy atom. The smallest absolute Gasteiger partial charge is 0.119 e. The lowest BCUT2D eigenvalue weighted by molar-refractivity contribution is 0.0663. The van der Waals surface area contributed by atoms with Crippen LogP contribution in [0.3, 0.4) is 0 Å². The lowest BCUT2D eigenvalue weighted by atomic mass is 10.2. The van der Waals surface area contributed by atoms with Crippen LogP contribution in [0, 0.1) is 0 Å². The van der Waals surface area contributed by atoms with E-state index in [1.807, 2.05) is 42.5 Å². The number of hydrogen-bond acceptors (Lipinski definition) is 5. The molecule has 8 heteroatoms. The van der Waals surface area contributed by atoms with Crippen molar-refractivity contribution >= 4 is 37.7 Å². The molecule has 0 saturated carbocycles. The van der Waals surface area contributed by atoms with Gasteiger partial charge in [0, 0.05) is 47.2 Å². The van der Waals surface area contributed by atoms with Gasteiger partial charge in [0.05, 0.1) is 16.7 Å². The van der Waals surface area contributed by atoms with Crippen molar-refractivity contribution < 1.29 is 14.6 Å². The zero-order valence-electron chi connectivity index (χ0n) is 20.1. The molecule has 182 valence electrons. The number of hydrogen-bond donors (Lipinski definition) is 1. The van der Waals surface area contributed by atoms with E-state index < -0.39 is 14.9 Å². The highest BCUT2D eigenvalue weighted by molar-refractivity contribution is 6.59. The van der Waals surface area contributed by atoms with Crippen LogP contribution in [0.2, 0.25) is 28.2 Å². The standard InChI is InChI=1S/C25H36Cl2N2O3Si/c1-25(2,33(3)4)18-32-22-8-6-21(7-9-22)31-17-20(30)16-28-11-13-29(14-12-28)19-5-10-23(26)24(27)15-19/h5-10,15,20,30,33H,11-14,16-18H2,1-4H3/t20-/m1/s1. The summed E-state index contributed by atoms with van der Waals surface area (Å²) in [5.74, 6) is 1.59. The van der Waals surface area contributed by atoms with Gasteiger partial charge >= 0.3 is 0 Å². The van der Waals surface area contributed by atoms with Crippen molar-refractivity contribution in [3.05, 3.63) is 52.5 Å². The van der Waals surface area contributed by atoms with E-state index >= 15 is 0 Å². The third-order valence-electron chi connectivity index (χ3n) is 6.55. The molecule has 1 aliphatic heterocycles. The molecule has 0 bridgehead atoms. The molecule has 0 aliphatic carbocycles. The molecule has 0 amide bonds. The molecule has 0 unspecified atom stereocenters. The number of aliphatic hydroxyl groups excluding tert-OH is 1. The van der Waals surface area contributed by atoms with Crippen LogP contribution >= 0.6 is 23.2 Å². The molecule has 2 aromatic carbocycles. The molecular formula is C25H36Cl2N2O3Si. The van der Waals surface area contributed by atoms with Crippen LogP contribution in [-0.2, 0) is 0 Å². The Morgan fingerprint density at radius 2 is 1.55 bits per heavy atom. The summed E-state index contributed by atoms with van der Waals surface area (Å²) in [5, 5.41) is 11.9. The van der Waals surface area contributed by atoms with Gasteiger partial charge in [0.2, 0.25) is 0 Å². The number of benzene rings is 2. The third-order valence-corrected chi connectivity index (χ3v) is 10.6. The predicted molar refractivity (Wildman–Crippen MR) is 141 cm³/mol. The zero-order valence-corrected chi connectivity index (χ0v) is 22.7. The maximum atomic E-state index is 10.5. The molecule has 1 N–H and O–H groups in total. The summed E-state index contributed by atoms with van der Waals surface area (Å²) in [7, 11) is -0.788. The van der Waals surface area contributed by atoms with Crippen LogP contribution < -0.4 is 14.4 Å². The van der Waals surface area contributed by atoms with E-state index in [0.717, 1.165) is 50.0 Å². The van der Waals surface area contributed by atoms with Crippen LogP contribution in [0.15, 0.2) is 42.5 Å². The molecule has 1 fully saturated rings. The molecule has 0 aromatic heterocycles. The number of rotatable bonds is 10. The fourth-order valence-corrected chi connectivity index (χ4v) is 4.19. The molecule has 1 saturated heterocycles. The van der Waals surface area contributed by atoms with E-state index in [1.54, 1.807) is 0 Å². The zero-order chi connectivity index (χ0) is 24.0. The second-order valence-electron chi connectivity index (χ2n) is 9.75. The molecule has 3 rings (SSSR count). The van der Waals surface area contributed by atoms with Gasteiger partial charge in [0.15, 0.2) is 0 Å². The van der Waals surface area contributed by atoms with Crippen LogP contribution in [0.25, 0.3) is 0 Å². The van der Waals surface area contributed by atoms with Gasteiger partial charge in [-0.25, -0.2) is 0 Å². The second kappa shape index (κ2) is 11.8. The summed E-state index contributed by atoms with van der Waals surface area (Å²) in [6.45, 7) is 14.3. The quantitative estimate of drug-likeness (QED) is 0.445. The molecule has 2 aromatic rings. The van der Waals surface area contributed by atoms with Gasteiger partial charge in [0.25, 0.3) is 0 Å². The second-order valence-corrected chi connectivity index (χ2v) is 14.4.